The average molecular weight is 733 g/mol. The van der Waals surface area contributed by atoms with E-state index in [4.69, 9.17) is 28.4 Å². The second kappa shape index (κ2) is 12.7. The van der Waals surface area contributed by atoms with Gasteiger partial charge in [-0.3, -0.25) is 9.80 Å². The lowest BCUT2D eigenvalue weighted by atomic mass is 9.83. The summed E-state index contributed by atoms with van der Waals surface area (Å²) in [6.07, 6.45) is 1.12. The van der Waals surface area contributed by atoms with Crippen LogP contribution < -0.4 is 18.9 Å². The molecule has 6 aliphatic rings. The molecule has 0 unspecified atom stereocenters. The zero-order chi connectivity index (χ0) is 37.7. The molecule has 0 saturated heterocycles. The molecule has 0 spiro atoms. The average Bonchev–Trinajstić information content (AvgIpc) is 3.95. The van der Waals surface area contributed by atoms with Crippen LogP contribution in [0.25, 0.3) is 0 Å². The molecule has 0 fully saturated rings. The summed E-state index contributed by atoms with van der Waals surface area (Å²) >= 11 is 0. The van der Waals surface area contributed by atoms with Gasteiger partial charge in [-0.2, -0.15) is 0 Å². The predicted octanol–water partition coefficient (Wildman–Crippen LogP) is 6.96. The van der Waals surface area contributed by atoms with Gasteiger partial charge < -0.3 is 33.5 Å². The van der Waals surface area contributed by atoms with Gasteiger partial charge in [-0.05, 0) is 113 Å². The van der Waals surface area contributed by atoms with E-state index in [2.05, 4.69) is 55.1 Å². The number of fused-ring (bicyclic) bond motifs is 6. The van der Waals surface area contributed by atoms with Crippen LogP contribution >= 0.6 is 0 Å². The fourth-order valence-corrected chi connectivity index (χ4v) is 9.41. The van der Waals surface area contributed by atoms with Crippen molar-refractivity contribution < 1.29 is 43.1 Å². The van der Waals surface area contributed by atoms with E-state index in [1.807, 2.05) is 20.8 Å². The maximum Gasteiger partial charge on any atom is 0.339 e. The molecule has 54 heavy (non-hydrogen) atoms. The molecule has 10 rings (SSSR count). The summed E-state index contributed by atoms with van der Waals surface area (Å²) in [5.41, 5.74) is 12.7. The summed E-state index contributed by atoms with van der Waals surface area (Å²) in [5.74, 6) is 2.74. The summed E-state index contributed by atoms with van der Waals surface area (Å²) in [6.45, 7) is 12.2. The number of likely N-dealkylation sites (N-methyl/N-ethyl adjacent to an activating group) is 2. The van der Waals surface area contributed by atoms with Crippen LogP contribution in [0.3, 0.4) is 0 Å². The quantitative estimate of drug-likeness (QED) is 0.216. The Labute approximate surface area is 314 Å². The molecule has 0 radical (unpaired) electrons. The van der Waals surface area contributed by atoms with E-state index in [9.17, 15) is 14.7 Å². The molecule has 4 atom stereocenters. The second-order valence-corrected chi connectivity index (χ2v) is 15.3. The minimum atomic E-state index is -0.421. The number of ether oxygens (including phenoxy) is 6. The minimum Gasteiger partial charge on any atom is -0.508 e. The summed E-state index contributed by atoms with van der Waals surface area (Å²) in [6, 6.07) is 11.6. The summed E-state index contributed by atoms with van der Waals surface area (Å²) in [5, 5.41) is 10.0. The van der Waals surface area contributed by atoms with Crippen LogP contribution in [0.15, 0.2) is 36.4 Å². The largest absolute Gasteiger partial charge is 0.508 e. The third-order valence-corrected chi connectivity index (χ3v) is 12.4. The molecular formula is C43H44N2O9. The topological polar surface area (TPSA) is 116 Å². The van der Waals surface area contributed by atoms with Crippen molar-refractivity contribution in [3.8, 4) is 28.7 Å². The number of carbonyl (C=O) groups is 2. The fraction of sp³-hybridized carbons (Fsp3) is 0.395. The molecule has 0 aliphatic carbocycles. The van der Waals surface area contributed by atoms with Gasteiger partial charge in [0.25, 0.3) is 0 Å². The Hall–Kier alpha value is -5.26. The van der Waals surface area contributed by atoms with E-state index in [-0.39, 0.29) is 49.5 Å². The monoisotopic (exact) mass is 732 g/mol. The zero-order valence-electron chi connectivity index (χ0n) is 31.6. The molecule has 1 N–H and O–H groups in total. The number of phenolic OH excluding ortho intramolecular Hbond substituents is 1. The lowest BCUT2D eigenvalue weighted by Crippen LogP contribution is -2.36. The highest BCUT2D eigenvalue weighted by Crippen LogP contribution is 2.53. The Morgan fingerprint density at radius 3 is 1.57 bits per heavy atom. The van der Waals surface area contributed by atoms with Gasteiger partial charge in [0, 0.05) is 40.9 Å². The lowest BCUT2D eigenvalue weighted by Gasteiger charge is -2.38. The normalized spacial score (nSPS) is 23.2. The number of esters is 2. The molecule has 11 nitrogen and oxygen atoms in total. The first-order chi connectivity index (χ1) is 25.9. The Morgan fingerprint density at radius 1 is 0.611 bits per heavy atom. The van der Waals surface area contributed by atoms with Crippen LogP contribution in [0, 0.1) is 34.6 Å². The van der Waals surface area contributed by atoms with Crippen LogP contribution in [0.2, 0.25) is 0 Å². The maximum atomic E-state index is 12.7. The maximum absolute atomic E-state index is 12.7. The molecule has 0 aromatic heterocycles. The van der Waals surface area contributed by atoms with Crippen LogP contribution in [-0.2, 0) is 22.3 Å². The highest BCUT2D eigenvalue weighted by molar-refractivity contribution is 5.97. The Morgan fingerprint density at radius 2 is 1.07 bits per heavy atom. The number of nitrogens with zero attached hydrogens (tertiary/aromatic N) is 2. The molecule has 0 bridgehead atoms. The standard InChI is InChI=1S/C22H23NO4.C21H21NO5/c1-11-5-6-15-18(12(11)2)22(24)27-21(15)19-17-13(3)20-16(25-10-26-20)9-14(17)7-8-23(19)4;1-10-14(23)5-4-13-17(10)21(24)27-20(13)18-16-11(2)19-15(25-9-26-19)8-12(16)6-7-22(18)3/h5-6,9,19,21H,7-8,10H2,1-4H3;4-5,8,18,20,23H,6-7,9H2,1-3H3/t19-,21+;18-,20+/m11/s1. The van der Waals surface area contributed by atoms with Crippen LogP contribution in [0.1, 0.15) is 106 Å². The molecule has 11 heteroatoms. The number of rotatable bonds is 2. The molecule has 0 saturated carbocycles. The van der Waals surface area contributed by atoms with Crippen molar-refractivity contribution in [3.05, 3.63) is 109 Å². The van der Waals surface area contributed by atoms with Gasteiger partial charge in [0.2, 0.25) is 13.6 Å². The molecule has 0 amide bonds. The number of cyclic esters (lactones) is 2. The van der Waals surface area contributed by atoms with E-state index in [0.29, 0.717) is 11.1 Å². The summed E-state index contributed by atoms with van der Waals surface area (Å²) in [4.78, 5) is 29.8. The minimum absolute atomic E-state index is 0.0319. The molecule has 6 aliphatic heterocycles. The van der Waals surface area contributed by atoms with Crippen molar-refractivity contribution in [2.75, 3.05) is 40.8 Å². The number of aromatic hydroxyl groups is 1. The Balaban J connectivity index is 0.000000142. The number of benzene rings is 4. The van der Waals surface area contributed by atoms with Gasteiger partial charge in [-0.1, -0.05) is 18.2 Å². The van der Waals surface area contributed by atoms with Gasteiger partial charge in [-0.25, -0.2) is 9.59 Å². The van der Waals surface area contributed by atoms with E-state index in [1.165, 1.54) is 16.7 Å². The molecular weight excluding hydrogens is 688 g/mol. The first-order valence-corrected chi connectivity index (χ1v) is 18.5. The number of hydrogen-bond acceptors (Lipinski definition) is 11. The lowest BCUT2D eigenvalue weighted by molar-refractivity contribution is 0.00855. The van der Waals surface area contributed by atoms with Crippen LogP contribution in [-0.4, -0.2) is 67.6 Å². The smallest absolute Gasteiger partial charge is 0.339 e. The first-order valence-electron chi connectivity index (χ1n) is 18.5. The van der Waals surface area contributed by atoms with Gasteiger partial charge in [-0.15, -0.1) is 0 Å². The number of hydrogen-bond donors (Lipinski definition) is 1. The van der Waals surface area contributed by atoms with E-state index >= 15 is 0 Å². The fourth-order valence-electron chi connectivity index (χ4n) is 9.41. The second-order valence-electron chi connectivity index (χ2n) is 15.3. The van der Waals surface area contributed by atoms with Crippen molar-refractivity contribution in [2.45, 2.75) is 71.8 Å². The molecule has 4 aromatic rings. The number of aryl methyl sites for hydroxylation is 1. The third-order valence-electron chi connectivity index (χ3n) is 12.4. The Kier molecular flexibility index (Phi) is 8.09. The van der Waals surface area contributed by atoms with E-state index < -0.39 is 6.10 Å². The highest BCUT2D eigenvalue weighted by atomic mass is 16.7. The van der Waals surface area contributed by atoms with Crippen LogP contribution in [0.4, 0.5) is 0 Å². The summed E-state index contributed by atoms with van der Waals surface area (Å²) < 4.78 is 34.4. The third kappa shape index (κ3) is 5.08. The number of carbonyl (C=O) groups excluding carboxylic acids is 2. The SMILES string of the molecule is Cc1c(O)ccc2c1C(=O)O[C@@H]2[C@H]1c2c(cc3c(c2C)OCO3)CCN1C.Cc1ccc2c(c1C)C(=O)O[C@@H]2[C@H]1c2c(cc3c(c2C)OCO3)CCN1C. The van der Waals surface area contributed by atoms with Gasteiger partial charge in [0.1, 0.15) is 18.0 Å². The van der Waals surface area contributed by atoms with Crippen molar-refractivity contribution in [1.82, 2.24) is 9.80 Å². The highest BCUT2D eigenvalue weighted by Gasteiger charge is 2.46. The Bertz CT molecular complexity index is 2120. The predicted molar refractivity (Wildman–Crippen MR) is 198 cm³/mol. The van der Waals surface area contributed by atoms with Gasteiger partial charge in [0.05, 0.1) is 23.2 Å². The first kappa shape index (κ1) is 34.5. The number of phenols is 1. The van der Waals surface area contributed by atoms with Crippen molar-refractivity contribution in [3.63, 3.8) is 0 Å². The van der Waals surface area contributed by atoms with E-state index in [1.54, 1.807) is 19.1 Å². The molecule has 4 aromatic carbocycles. The molecule has 280 valence electrons. The van der Waals surface area contributed by atoms with Crippen molar-refractivity contribution in [2.24, 2.45) is 0 Å². The zero-order valence-corrected chi connectivity index (χ0v) is 31.6. The van der Waals surface area contributed by atoms with Gasteiger partial charge in [0.15, 0.2) is 23.0 Å². The van der Waals surface area contributed by atoms with Gasteiger partial charge >= 0.3 is 11.9 Å². The summed E-state index contributed by atoms with van der Waals surface area (Å²) in [7, 11) is 4.15. The van der Waals surface area contributed by atoms with Crippen LogP contribution in [0.5, 0.6) is 28.7 Å². The molecule has 6 heterocycles. The van der Waals surface area contributed by atoms with E-state index in [0.717, 1.165) is 93.4 Å². The van der Waals surface area contributed by atoms with Crippen molar-refractivity contribution in [1.29, 1.82) is 0 Å². The van der Waals surface area contributed by atoms with Crippen molar-refractivity contribution >= 4 is 11.9 Å².